The fourth-order valence-electron chi connectivity index (χ4n) is 2.40. The van der Waals surface area contributed by atoms with E-state index in [9.17, 15) is 9.90 Å². The van der Waals surface area contributed by atoms with E-state index < -0.39 is 6.10 Å². The van der Waals surface area contributed by atoms with Crippen molar-refractivity contribution in [3.05, 3.63) is 29.3 Å². The Kier molecular flexibility index (Phi) is 3.65. The summed E-state index contributed by atoms with van der Waals surface area (Å²) in [6, 6.07) is 5.61. The molecule has 0 fully saturated rings. The topological polar surface area (TPSA) is 78.6 Å². The van der Waals surface area contributed by atoms with E-state index in [1.165, 1.54) is 0 Å². The van der Waals surface area contributed by atoms with E-state index in [2.05, 4.69) is 5.32 Å². The highest BCUT2D eigenvalue weighted by Gasteiger charge is 2.26. The maximum absolute atomic E-state index is 11.6. The summed E-state index contributed by atoms with van der Waals surface area (Å²) in [7, 11) is 3.56. The summed E-state index contributed by atoms with van der Waals surface area (Å²) in [6.07, 6.45) is -0.211. The third-order valence-electron chi connectivity index (χ3n) is 3.48. The molecule has 0 spiro atoms. The lowest BCUT2D eigenvalue weighted by Gasteiger charge is -2.22. The number of rotatable bonds is 4. The number of fused-ring (bicyclic) bond motifs is 1. The summed E-state index contributed by atoms with van der Waals surface area (Å²) in [6.45, 7) is 0.196. The van der Waals surface area contributed by atoms with Gasteiger partial charge in [0.1, 0.15) is 0 Å². The largest absolute Gasteiger partial charge is 0.390 e. The van der Waals surface area contributed by atoms with Crippen LogP contribution in [0.2, 0.25) is 0 Å². The number of nitrogens with two attached hydrogens (primary N) is 1. The smallest absolute Gasteiger partial charge is 0.231 e. The monoisotopic (exact) mass is 249 g/mol. The first-order valence-electron chi connectivity index (χ1n) is 6.03. The molecule has 1 aliphatic heterocycles. The maximum atomic E-state index is 11.6. The third-order valence-corrected chi connectivity index (χ3v) is 3.48. The molecule has 0 saturated carbocycles. The average molecular weight is 249 g/mol. The van der Waals surface area contributed by atoms with Crippen LogP contribution in [0.1, 0.15) is 17.2 Å². The quantitative estimate of drug-likeness (QED) is 0.689. The zero-order valence-electron chi connectivity index (χ0n) is 10.7. The minimum absolute atomic E-state index is 0.0996. The van der Waals surface area contributed by atoms with E-state index in [4.69, 9.17) is 5.73 Å². The van der Waals surface area contributed by atoms with Crippen molar-refractivity contribution < 1.29 is 9.90 Å². The van der Waals surface area contributed by atoms with Crippen LogP contribution in [0.3, 0.4) is 0 Å². The van der Waals surface area contributed by atoms with Gasteiger partial charge in [-0.2, -0.15) is 0 Å². The van der Waals surface area contributed by atoms with Crippen molar-refractivity contribution in [3.63, 3.8) is 0 Å². The predicted octanol–water partition coefficient (Wildman–Crippen LogP) is -0.214. The molecule has 2 atom stereocenters. The molecule has 2 unspecified atom stereocenters. The van der Waals surface area contributed by atoms with Gasteiger partial charge in [-0.05, 0) is 24.2 Å². The Balaban J connectivity index is 2.32. The lowest BCUT2D eigenvalue weighted by Crippen LogP contribution is -2.35. The van der Waals surface area contributed by atoms with Crippen LogP contribution in [-0.2, 0) is 11.2 Å². The van der Waals surface area contributed by atoms with Gasteiger partial charge >= 0.3 is 0 Å². The minimum atomic E-state index is -0.636. The number of anilines is 1. The zero-order chi connectivity index (χ0) is 13.3. The van der Waals surface area contributed by atoms with Gasteiger partial charge in [0.15, 0.2) is 0 Å². The number of carbonyl (C=O) groups excluding carboxylic acids is 1. The average Bonchev–Trinajstić information content (AvgIpc) is 2.65. The van der Waals surface area contributed by atoms with E-state index >= 15 is 0 Å². The molecule has 1 aliphatic rings. The Morgan fingerprint density at radius 1 is 1.56 bits per heavy atom. The molecule has 5 heteroatoms. The highest BCUT2D eigenvalue weighted by molar-refractivity contribution is 6.00. The van der Waals surface area contributed by atoms with Crippen LogP contribution in [0, 0.1) is 0 Å². The second-order valence-corrected chi connectivity index (χ2v) is 4.59. The van der Waals surface area contributed by atoms with Crippen LogP contribution in [0.25, 0.3) is 0 Å². The van der Waals surface area contributed by atoms with Crippen molar-refractivity contribution in [2.24, 2.45) is 5.73 Å². The fourth-order valence-corrected chi connectivity index (χ4v) is 2.40. The number of nitrogens with one attached hydrogen (secondary N) is 1. The SMILES string of the molecule is CNC(c1ccc2c(c1)CC(=O)N2C)C(O)CN. The van der Waals surface area contributed by atoms with Crippen LogP contribution in [0.4, 0.5) is 5.69 Å². The standard InChI is InChI=1S/C13H19N3O2/c1-15-13(11(17)7-14)8-3-4-10-9(5-8)6-12(18)16(10)2/h3-5,11,13,15,17H,6-7,14H2,1-2H3. The van der Waals surface area contributed by atoms with Gasteiger partial charge in [-0.25, -0.2) is 0 Å². The molecular weight excluding hydrogens is 230 g/mol. The molecule has 98 valence electrons. The Morgan fingerprint density at radius 3 is 2.89 bits per heavy atom. The van der Waals surface area contributed by atoms with Gasteiger partial charge in [-0.1, -0.05) is 12.1 Å². The zero-order valence-corrected chi connectivity index (χ0v) is 10.7. The molecule has 1 heterocycles. The van der Waals surface area contributed by atoms with E-state index in [-0.39, 0.29) is 18.5 Å². The fraction of sp³-hybridized carbons (Fsp3) is 0.462. The molecule has 0 saturated heterocycles. The van der Waals surface area contributed by atoms with Crippen molar-refractivity contribution in [1.82, 2.24) is 5.32 Å². The summed E-state index contributed by atoms with van der Waals surface area (Å²) < 4.78 is 0. The normalized spacial score (nSPS) is 17.8. The molecule has 2 rings (SSSR count). The van der Waals surface area contributed by atoms with E-state index in [0.29, 0.717) is 6.42 Å². The van der Waals surface area contributed by atoms with Crippen molar-refractivity contribution in [1.29, 1.82) is 0 Å². The molecule has 1 amide bonds. The van der Waals surface area contributed by atoms with E-state index in [0.717, 1.165) is 16.8 Å². The summed E-state index contributed by atoms with van der Waals surface area (Å²) in [5, 5.41) is 12.9. The molecule has 0 radical (unpaired) electrons. The molecule has 18 heavy (non-hydrogen) atoms. The molecule has 1 aromatic carbocycles. The Bertz CT molecular complexity index is 462. The first-order chi connectivity index (χ1) is 8.58. The highest BCUT2D eigenvalue weighted by atomic mass is 16.3. The Hall–Kier alpha value is -1.43. The van der Waals surface area contributed by atoms with Crippen molar-refractivity contribution in [2.75, 3.05) is 25.5 Å². The lowest BCUT2D eigenvalue weighted by molar-refractivity contribution is -0.117. The molecular formula is C13H19N3O2. The number of hydrogen-bond acceptors (Lipinski definition) is 4. The number of amides is 1. The number of benzene rings is 1. The predicted molar refractivity (Wildman–Crippen MR) is 70.4 cm³/mol. The molecule has 0 aromatic heterocycles. The van der Waals surface area contributed by atoms with Gasteiger partial charge in [0.25, 0.3) is 0 Å². The minimum Gasteiger partial charge on any atom is -0.390 e. The molecule has 0 aliphatic carbocycles. The van der Waals surface area contributed by atoms with Crippen molar-refractivity contribution in [3.8, 4) is 0 Å². The number of likely N-dealkylation sites (N-methyl/N-ethyl adjacent to an activating group) is 2. The van der Waals surface area contributed by atoms with E-state index in [1.54, 1.807) is 19.0 Å². The first-order valence-corrected chi connectivity index (χ1v) is 6.03. The summed E-state index contributed by atoms with van der Waals surface area (Å²) >= 11 is 0. The number of carbonyl (C=O) groups is 1. The third kappa shape index (κ3) is 2.12. The first kappa shape index (κ1) is 13.0. The van der Waals surface area contributed by atoms with Gasteiger partial charge in [-0.3, -0.25) is 4.79 Å². The molecule has 4 N–H and O–H groups in total. The van der Waals surface area contributed by atoms with Crippen LogP contribution in [0.5, 0.6) is 0 Å². The molecule has 1 aromatic rings. The van der Waals surface area contributed by atoms with Crippen molar-refractivity contribution >= 4 is 11.6 Å². The Labute approximate surface area is 107 Å². The van der Waals surface area contributed by atoms with Gasteiger partial charge in [0, 0.05) is 19.3 Å². The second-order valence-electron chi connectivity index (χ2n) is 4.59. The number of nitrogens with zero attached hydrogens (tertiary/aromatic N) is 1. The van der Waals surface area contributed by atoms with Gasteiger partial charge < -0.3 is 21.1 Å². The molecule has 0 bridgehead atoms. The number of aliphatic hydroxyl groups is 1. The number of hydrogen-bond donors (Lipinski definition) is 3. The van der Waals surface area contributed by atoms with Crippen LogP contribution < -0.4 is 16.0 Å². The Morgan fingerprint density at radius 2 is 2.28 bits per heavy atom. The van der Waals surface area contributed by atoms with Gasteiger partial charge in [0.2, 0.25) is 5.91 Å². The van der Waals surface area contributed by atoms with Gasteiger partial charge in [-0.15, -0.1) is 0 Å². The van der Waals surface area contributed by atoms with Gasteiger partial charge in [0.05, 0.1) is 18.6 Å². The maximum Gasteiger partial charge on any atom is 0.231 e. The summed E-state index contributed by atoms with van der Waals surface area (Å²) in [5.74, 6) is 0.0996. The lowest BCUT2D eigenvalue weighted by atomic mass is 9.98. The molecule has 5 nitrogen and oxygen atoms in total. The van der Waals surface area contributed by atoms with Crippen LogP contribution >= 0.6 is 0 Å². The van der Waals surface area contributed by atoms with E-state index in [1.807, 2.05) is 18.2 Å². The summed E-state index contributed by atoms with van der Waals surface area (Å²) in [5.41, 5.74) is 8.40. The van der Waals surface area contributed by atoms with Crippen LogP contribution in [-0.4, -0.2) is 37.8 Å². The number of aliphatic hydroxyl groups excluding tert-OH is 1. The second kappa shape index (κ2) is 5.06. The highest BCUT2D eigenvalue weighted by Crippen LogP contribution is 2.30. The summed E-state index contributed by atoms with van der Waals surface area (Å²) in [4.78, 5) is 13.3. The van der Waals surface area contributed by atoms with Crippen LogP contribution in [0.15, 0.2) is 18.2 Å². The van der Waals surface area contributed by atoms with Crippen molar-refractivity contribution in [2.45, 2.75) is 18.6 Å².